The predicted molar refractivity (Wildman–Crippen MR) is 109 cm³/mol. The van der Waals surface area contributed by atoms with Gasteiger partial charge in [-0.1, -0.05) is 44.5 Å². The van der Waals surface area contributed by atoms with Gasteiger partial charge in [-0.3, -0.25) is 9.59 Å². The van der Waals surface area contributed by atoms with Crippen LogP contribution in [0.3, 0.4) is 0 Å². The Morgan fingerprint density at radius 2 is 1.75 bits per heavy atom. The number of halogens is 1. The lowest BCUT2D eigenvalue weighted by molar-refractivity contribution is -0.129. The summed E-state index contributed by atoms with van der Waals surface area (Å²) in [6, 6.07) is 13.2. The first-order valence-corrected chi connectivity index (χ1v) is 9.87. The SMILES string of the molecule is CC(C)CCNC(=O)C1(c2ccc(NC(=O)c3ccccc3F)cc2)CCC1. The van der Waals surface area contributed by atoms with E-state index < -0.39 is 17.1 Å². The summed E-state index contributed by atoms with van der Waals surface area (Å²) in [4.78, 5) is 25.0. The normalized spacial score (nSPS) is 15.0. The van der Waals surface area contributed by atoms with E-state index in [9.17, 15) is 14.0 Å². The van der Waals surface area contributed by atoms with Crippen LogP contribution in [0.15, 0.2) is 48.5 Å². The second kappa shape index (κ2) is 8.55. The smallest absolute Gasteiger partial charge is 0.258 e. The first-order valence-electron chi connectivity index (χ1n) is 9.87. The highest BCUT2D eigenvalue weighted by Crippen LogP contribution is 2.44. The topological polar surface area (TPSA) is 58.2 Å². The molecule has 5 heteroatoms. The fourth-order valence-corrected chi connectivity index (χ4v) is 3.54. The molecular formula is C23H27FN2O2. The summed E-state index contributed by atoms with van der Waals surface area (Å²) < 4.78 is 13.8. The van der Waals surface area contributed by atoms with Crippen LogP contribution < -0.4 is 10.6 Å². The minimum absolute atomic E-state index is 0.00608. The summed E-state index contributed by atoms with van der Waals surface area (Å²) in [6.45, 7) is 4.97. The van der Waals surface area contributed by atoms with Crippen LogP contribution in [0.1, 0.15) is 55.5 Å². The van der Waals surface area contributed by atoms with E-state index in [0.717, 1.165) is 31.2 Å². The standard InChI is InChI=1S/C23H27FN2O2/c1-16(2)12-15-25-22(28)23(13-5-14-23)17-8-10-18(11-9-17)26-21(27)19-6-3-4-7-20(19)24/h3-4,6-11,16H,5,12-15H2,1-2H3,(H,25,28)(H,26,27). The van der Waals surface area contributed by atoms with Crippen LogP contribution in [-0.4, -0.2) is 18.4 Å². The van der Waals surface area contributed by atoms with Crippen LogP contribution in [0, 0.1) is 11.7 Å². The van der Waals surface area contributed by atoms with Gasteiger partial charge in [0.1, 0.15) is 5.82 Å². The van der Waals surface area contributed by atoms with Gasteiger partial charge in [-0.2, -0.15) is 0 Å². The number of carbonyl (C=O) groups is 2. The molecule has 0 spiro atoms. The second-order valence-corrected chi connectivity index (χ2v) is 7.89. The van der Waals surface area contributed by atoms with Gasteiger partial charge in [-0.25, -0.2) is 4.39 Å². The molecule has 1 aliphatic rings. The summed E-state index contributed by atoms with van der Waals surface area (Å²) in [7, 11) is 0. The lowest BCUT2D eigenvalue weighted by Gasteiger charge is -2.41. The van der Waals surface area contributed by atoms with Crippen molar-refractivity contribution in [1.82, 2.24) is 5.32 Å². The fourth-order valence-electron chi connectivity index (χ4n) is 3.54. The molecule has 1 aliphatic carbocycles. The zero-order chi connectivity index (χ0) is 20.1. The molecule has 1 fully saturated rings. The molecule has 0 aromatic heterocycles. The van der Waals surface area contributed by atoms with Gasteiger partial charge in [0, 0.05) is 12.2 Å². The number of nitrogens with one attached hydrogen (secondary N) is 2. The highest BCUT2D eigenvalue weighted by atomic mass is 19.1. The maximum absolute atomic E-state index is 13.8. The monoisotopic (exact) mass is 382 g/mol. The van der Waals surface area contributed by atoms with E-state index in [1.807, 2.05) is 12.1 Å². The largest absolute Gasteiger partial charge is 0.355 e. The lowest BCUT2D eigenvalue weighted by Crippen LogP contribution is -2.49. The molecule has 0 heterocycles. The van der Waals surface area contributed by atoms with E-state index in [1.165, 1.54) is 12.1 Å². The number of hydrogen-bond acceptors (Lipinski definition) is 2. The fraction of sp³-hybridized carbons (Fsp3) is 0.391. The summed E-state index contributed by atoms with van der Waals surface area (Å²) in [5.41, 5.74) is 1.08. The van der Waals surface area contributed by atoms with Crippen molar-refractivity contribution in [2.45, 2.75) is 44.9 Å². The molecule has 3 rings (SSSR count). The van der Waals surface area contributed by atoms with E-state index in [2.05, 4.69) is 24.5 Å². The molecule has 2 amide bonds. The minimum Gasteiger partial charge on any atom is -0.355 e. The third-order valence-corrected chi connectivity index (χ3v) is 5.46. The van der Waals surface area contributed by atoms with Crippen molar-refractivity contribution < 1.29 is 14.0 Å². The molecule has 0 aliphatic heterocycles. The first-order chi connectivity index (χ1) is 13.4. The van der Waals surface area contributed by atoms with E-state index in [1.54, 1.807) is 24.3 Å². The van der Waals surface area contributed by atoms with Crippen LogP contribution in [0.25, 0.3) is 0 Å². The van der Waals surface area contributed by atoms with Gasteiger partial charge in [-0.15, -0.1) is 0 Å². The molecule has 4 nitrogen and oxygen atoms in total. The van der Waals surface area contributed by atoms with Crippen LogP contribution in [0.5, 0.6) is 0 Å². The summed E-state index contributed by atoms with van der Waals surface area (Å²) in [5.74, 6) is -0.406. The Morgan fingerprint density at radius 1 is 1.07 bits per heavy atom. The van der Waals surface area contributed by atoms with Crippen molar-refractivity contribution in [2.24, 2.45) is 5.92 Å². The van der Waals surface area contributed by atoms with Gasteiger partial charge in [-0.05, 0) is 55.0 Å². The van der Waals surface area contributed by atoms with Crippen LogP contribution in [-0.2, 0) is 10.2 Å². The lowest BCUT2D eigenvalue weighted by atomic mass is 9.63. The highest BCUT2D eigenvalue weighted by molar-refractivity contribution is 6.04. The molecule has 2 aromatic carbocycles. The maximum atomic E-state index is 13.8. The maximum Gasteiger partial charge on any atom is 0.258 e. The van der Waals surface area contributed by atoms with Crippen LogP contribution in [0.2, 0.25) is 0 Å². The van der Waals surface area contributed by atoms with Crippen LogP contribution in [0.4, 0.5) is 10.1 Å². The molecule has 28 heavy (non-hydrogen) atoms. The van der Waals surface area contributed by atoms with Gasteiger partial charge < -0.3 is 10.6 Å². The van der Waals surface area contributed by atoms with E-state index in [4.69, 9.17) is 0 Å². The van der Waals surface area contributed by atoms with Gasteiger partial charge >= 0.3 is 0 Å². The predicted octanol–water partition coefficient (Wildman–Crippen LogP) is 4.66. The Kier molecular flexibility index (Phi) is 6.12. The molecular weight excluding hydrogens is 355 g/mol. The van der Waals surface area contributed by atoms with Gasteiger partial charge in [0.15, 0.2) is 0 Å². The third kappa shape index (κ3) is 4.24. The molecule has 0 unspecified atom stereocenters. The molecule has 1 saturated carbocycles. The average Bonchev–Trinajstić information content (AvgIpc) is 2.62. The zero-order valence-electron chi connectivity index (χ0n) is 16.4. The Labute approximate surface area is 165 Å². The quantitative estimate of drug-likeness (QED) is 0.732. The number of hydrogen-bond donors (Lipinski definition) is 2. The molecule has 2 N–H and O–H groups in total. The Morgan fingerprint density at radius 3 is 2.32 bits per heavy atom. The zero-order valence-corrected chi connectivity index (χ0v) is 16.4. The molecule has 0 atom stereocenters. The van der Waals surface area contributed by atoms with Crippen molar-refractivity contribution in [3.63, 3.8) is 0 Å². The first kappa shape index (κ1) is 20.1. The third-order valence-electron chi connectivity index (χ3n) is 5.46. The van der Waals surface area contributed by atoms with Gasteiger partial charge in [0.05, 0.1) is 11.0 Å². The van der Waals surface area contributed by atoms with E-state index in [0.29, 0.717) is 18.2 Å². The van der Waals surface area contributed by atoms with E-state index >= 15 is 0 Å². The Balaban J connectivity index is 1.68. The Hall–Kier alpha value is -2.69. The van der Waals surface area contributed by atoms with Crippen molar-refractivity contribution in [3.8, 4) is 0 Å². The van der Waals surface area contributed by atoms with Crippen LogP contribution >= 0.6 is 0 Å². The number of rotatable bonds is 7. The molecule has 148 valence electrons. The van der Waals surface area contributed by atoms with Crippen molar-refractivity contribution in [1.29, 1.82) is 0 Å². The van der Waals surface area contributed by atoms with Gasteiger partial charge in [0.2, 0.25) is 5.91 Å². The summed E-state index contributed by atoms with van der Waals surface area (Å²) in [5, 5.41) is 5.79. The number of amides is 2. The molecule has 0 saturated heterocycles. The number of anilines is 1. The van der Waals surface area contributed by atoms with Crippen molar-refractivity contribution in [2.75, 3.05) is 11.9 Å². The second-order valence-electron chi connectivity index (χ2n) is 7.89. The average molecular weight is 382 g/mol. The van der Waals surface area contributed by atoms with Crippen molar-refractivity contribution in [3.05, 3.63) is 65.5 Å². The number of carbonyl (C=O) groups excluding carboxylic acids is 2. The highest BCUT2D eigenvalue weighted by Gasteiger charge is 2.45. The van der Waals surface area contributed by atoms with E-state index in [-0.39, 0.29) is 11.5 Å². The van der Waals surface area contributed by atoms with Crippen molar-refractivity contribution >= 4 is 17.5 Å². The van der Waals surface area contributed by atoms with Gasteiger partial charge in [0.25, 0.3) is 5.91 Å². The number of benzene rings is 2. The Bertz CT molecular complexity index is 842. The molecule has 0 bridgehead atoms. The molecule has 0 radical (unpaired) electrons. The summed E-state index contributed by atoms with van der Waals surface area (Å²) in [6.07, 6.45) is 3.66. The molecule has 2 aromatic rings. The summed E-state index contributed by atoms with van der Waals surface area (Å²) >= 11 is 0. The minimum atomic E-state index is -0.553.